The topological polar surface area (TPSA) is 93.8 Å². The fraction of sp³-hybridized carbons (Fsp3) is 0.222. The Morgan fingerprint density at radius 3 is 2.94 bits per heavy atom. The first-order valence-corrected chi connectivity index (χ1v) is 5.35. The van der Waals surface area contributed by atoms with Crippen LogP contribution in [0, 0.1) is 19.3 Å². The van der Waals surface area contributed by atoms with Gasteiger partial charge in [0.2, 0.25) is 11.4 Å². The zero-order valence-electron chi connectivity index (χ0n) is 8.75. The van der Waals surface area contributed by atoms with Crippen LogP contribution in [0.4, 0.5) is 0 Å². The highest BCUT2D eigenvalue weighted by Crippen LogP contribution is 2.12. The van der Waals surface area contributed by atoms with Crippen molar-refractivity contribution in [1.82, 2.24) is 25.7 Å². The van der Waals surface area contributed by atoms with Crippen molar-refractivity contribution in [3.63, 3.8) is 0 Å². The smallest absolute Gasteiger partial charge is 0.283 e. The Labute approximate surface area is 100 Å². The van der Waals surface area contributed by atoms with Gasteiger partial charge >= 0.3 is 0 Å². The van der Waals surface area contributed by atoms with E-state index in [1.54, 1.807) is 6.92 Å². The third-order valence-electron chi connectivity index (χ3n) is 1.79. The number of nitrogens with zero attached hydrogens (tertiary/aromatic N) is 4. The van der Waals surface area contributed by atoms with E-state index in [1.165, 1.54) is 11.3 Å². The molecule has 0 fully saturated rings. The first kappa shape index (κ1) is 11.2. The quantitative estimate of drug-likeness (QED) is 0.788. The first-order valence-electron chi connectivity index (χ1n) is 4.54. The highest BCUT2D eigenvalue weighted by molar-refractivity contribution is 7.13. The van der Waals surface area contributed by atoms with Crippen molar-refractivity contribution in [2.75, 3.05) is 0 Å². The van der Waals surface area contributed by atoms with E-state index >= 15 is 0 Å². The molecule has 7 nitrogen and oxygen atoms in total. The Bertz CT molecular complexity index is 556. The number of terminal acetylenes is 1. The van der Waals surface area contributed by atoms with Crippen LogP contribution in [0.25, 0.3) is 0 Å². The predicted octanol–water partition coefficient (Wildman–Crippen LogP) is 0.334. The van der Waals surface area contributed by atoms with Crippen molar-refractivity contribution in [2.24, 2.45) is 0 Å². The van der Waals surface area contributed by atoms with Crippen LogP contribution in [0.1, 0.15) is 26.7 Å². The van der Waals surface area contributed by atoms with E-state index in [0.29, 0.717) is 5.01 Å². The molecule has 17 heavy (non-hydrogen) atoms. The van der Waals surface area contributed by atoms with Gasteiger partial charge in [0.05, 0.1) is 0 Å². The number of carbonyl (C=O) groups excluding carboxylic acids is 1. The number of aromatic nitrogens is 4. The minimum Gasteiger partial charge on any atom is -0.425 e. The third-order valence-corrected chi connectivity index (χ3v) is 2.62. The van der Waals surface area contributed by atoms with Gasteiger partial charge in [0.25, 0.3) is 11.8 Å². The van der Waals surface area contributed by atoms with Crippen LogP contribution >= 0.6 is 11.3 Å². The molecule has 0 saturated heterocycles. The van der Waals surface area contributed by atoms with Crippen molar-refractivity contribution in [1.29, 1.82) is 0 Å². The Morgan fingerprint density at radius 1 is 1.59 bits per heavy atom. The maximum absolute atomic E-state index is 11.7. The van der Waals surface area contributed by atoms with Crippen LogP contribution in [-0.2, 0) is 0 Å². The highest BCUT2D eigenvalue weighted by atomic mass is 32.1. The van der Waals surface area contributed by atoms with Crippen LogP contribution < -0.4 is 5.32 Å². The standard InChI is InChI=1S/C9H7N5O2S/c1-3-6(8-13-10-4-16-8)11-7(15)9-14-12-5(2)17-9/h1,4,6H,2H3,(H,11,15)/t6-/m1/s1. The van der Waals surface area contributed by atoms with Crippen LogP contribution in [0.5, 0.6) is 0 Å². The average Bonchev–Trinajstić information content (AvgIpc) is 2.96. The zero-order chi connectivity index (χ0) is 12.3. The summed E-state index contributed by atoms with van der Waals surface area (Å²) in [6.07, 6.45) is 6.41. The van der Waals surface area contributed by atoms with E-state index in [-0.39, 0.29) is 10.9 Å². The second kappa shape index (κ2) is 4.71. The van der Waals surface area contributed by atoms with Gasteiger partial charge in [0.1, 0.15) is 5.01 Å². The van der Waals surface area contributed by atoms with Gasteiger partial charge in [-0.05, 0) is 6.92 Å². The number of carbonyl (C=O) groups is 1. The molecule has 0 radical (unpaired) electrons. The molecule has 1 amide bonds. The van der Waals surface area contributed by atoms with E-state index < -0.39 is 11.9 Å². The minimum absolute atomic E-state index is 0.155. The summed E-state index contributed by atoms with van der Waals surface area (Å²) in [6.45, 7) is 1.76. The lowest BCUT2D eigenvalue weighted by Gasteiger charge is -2.06. The van der Waals surface area contributed by atoms with Gasteiger partial charge in [0.15, 0.2) is 6.04 Å². The molecular formula is C9H7N5O2S. The molecule has 8 heteroatoms. The maximum Gasteiger partial charge on any atom is 0.283 e. The average molecular weight is 249 g/mol. The zero-order valence-corrected chi connectivity index (χ0v) is 9.56. The molecule has 0 spiro atoms. The Balaban J connectivity index is 2.10. The summed E-state index contributed by atoms with van der Waals surface area (Å²) in [5, 5.41) is 18.0. The summed E-state index contributed by atoms with van der Waals surface area (Å²) < 4.78 is 4.92. The lowest BCUT2D eigenvalue weighted by atomic mass is 10.3. The fourth-order valence-corrected chi connectivity index (χ4v) is 1.66. The summed E-state index contributed by atoms with van der Waals surface area (Å²) in [4.78, 5) is 11.7. The minimum atomic E-state index is -0.769. The van der Waals surface area contributed by atoms with Gasteiger partial charge in [0, 0.05) is 0 Å². The summed E-state index contributed by atoms with van der Waals surface area (Å²) in [7, 11) is 0. The van der Waals surface area contributed by atoms with Crippen LogP contribution in [0.15, 0.2) is 10.8 Å². The van der Waals surface area contributed by atoms with Gasteiger partial charge in [-0.25, -0.2) is 0 Å². The van der Waals surface area contributed by atoms with Gasteiger partial charge in [-0.15, -0.1) is 26.8 Å². The SMILES string of the molecule is C#C[C@@H](NC(=O)c1nnc(C)s1)c1nnco1. The molecule has 2 aromatic heterocycles. The Kier molecular flexibility index (Phi) is 3.11. The first-order chi connectivity index (χ1) is 8.20. The lowest BCUT2D eigenvalue weighted by molar-refractivity contribution is 0.0940. The normalized spacial score (nSPS) is 11.8. The molecule has 2 rings (SSSR count). The van der Waals surface area contributed by atoms with Gasteiger partial charge in [-0.3, -0.25) is 4.79 Å². The molecule has 86 valence electrons. The van der Waals surface area contributed by atoms with Crippen molar-refractivity contribution < 1.29 is 9.21 Å². The number of rotatable bonds is 3. The molecule has 1 atom stereocenters. The van der Waals surface area contributed by atoms with Crippen molar-refractivity contribution >= 4 is 17.2 Å². The Morgan fingerprint density at radius 2 is 2.41 bits per heavy atom. The predicted molar refractivity (Wildman–Crippen MR) is 58.0 cm³/mol. The van der Waals surface area contributed by atoms with E-state index in [2.05, 4.69) is 31.6 Å². The molecule has 0 aliphatic rings. The van der Waals surface area contributed by atoms with E-state index in [4.69, 9.17) is 10.8 Å². The number of aryl methyl sites for hydroxylation is 1. The summed E-state index contributed by atoms with van der Waals surface area (Å²) in [5.74, 6) is 2.08. The molecule has 0 aromatic carbocycles. The Hall–Kier alpha value is -2.27. The number of hydrogen-bond acceptors (Lipinski definition) is 7. The van der Waals surface area contributed by atoms with Gasteiger partial charge < -0.3 is 9.73 Å². The maximum atomic E-state index is 11.7. The highest BCUT2D eigenvalue weighted by Gasteiger charge is 2.19. The fourth-order valence-electron chi connectivity index (χ4n) is 1.06. The second-order valence-electron chi connectivity index (χ2n) is 2.98. The van der Waals surface area contributed by atoms with Crippen LogP contribution in [0.3, 0.4) is 0 Å². The van der Waals surface area contributed by atoms with Crippen LogP contribution in [-0.4, -0.2) is 26.3 Å². The summed E-state index contributed by atoms with van der Waals surface area (Å²) >= 11 is 1.18. The lowest BCUT2D eigenvalue weighted by Crippen LogP contribution is -2.27. The molecule has 2 aromatic rings. The van der Waals surface area contributed by atoms with Crippen molar-refractivity contribution in [3.8, 4) is 12.3 Å². The number of nitrogens with one attached hydrogen (secondary N) is 1. The molecule has 2 heterocycles. The van der Waals surface area contributed by atoms with Crippen molar-refractivity contribution in [2.45, 2.75) is 13.0 Å². The van der Waals surface area contributed by atoms with E-state index in [9.17, 15) is 4.79 Å². The van der Waals surface area contributed by atoms with Crippen molar-refractivity contribution in [3.05, 3.63) is 22.3 Å². The van der Waals surface area contributed by atoms with Gasteiger partial charge in [-0.1, -0.05) is 17.3 Å². The van der Waals surface area contributed by atoms with Gasteiger partial charge in [-0.2, -0.15) is 0 Å². The molecule has 0 bridgehead atoms. The third kappa shape index (κ3) is 2.46. The largest absolute Gasteiger partial charge is 0.425 e. The number of amides is 1. The molecule has 0 saturated carbocycles. The second-order valence-corrected chi connectivity index (χ2v) is 4.16. The molecule has 0 unspecified atom stereocenters. The van der Waals surface area contributed by atoms with E-state index in [1.807, 2.05) is 0 Å². The van der Waals surface area contributed by atoms with E-state index in [0.717, 1.165) is 6.39 Å². The summed E-state index contributed by atoms with van der Waals surface area (Å²) in [6, 6.07) is -0.769. The number of hydrogen-bond donors (Lipinski definition) is 1. The molecule has 0 aliphatic heterocycles. The van der Waals surface area contributed by atoms with Crippen LogP contribution in [0.2, 0.25) is 0 Å². The molecular weight excluding hydrogens is 242 g/mol. The monoisotopic (exact) mass is 249 g/mol. The summed E-state index contributed by atoms with van der Waals surface area (Å²) in [5.41, 5.74) is 0. The molecule has 1 N–H and O–H groups in total. The molecule has 0 aliphatic carbocycles.